The zero-order valence-corrected chi connectivity index (χ0v) is 10.9. The molecule has 1 saturated carbocycles. The summed E-state index contributed by atoms with van der Waals surface area (Å²) in [4.78, 5) is 37.3. The van der Waals surface area contributed by atoms with Gasteiger partial charge in [0.1, 0.15) is 0 Å². The molecule has 1 aromatic carbocycles. The summed E-state index contributed by atoms with van der Waals surface area (Å²) >= 11 is 0. The lowest BCUT2D eigenvalue weighted by Crippen LogP contribution is -2.48. The molecule has 2 atom stereocenters. The number of hydrogen-bond donors (Lipinski definition) is 1. The summed E-state index contributed by atoms with van der Waals surface area (Å²) < 4.78 is 0. The fraction of sp³-hybridized carbons (Fsp3) is 0.400. The highest BCUT2D eigenvalue weighted by atomic mass is 16.4. The van der Waals surface area contributed by atoms with Crippen LogP contribution < -0.4 is 0 Å². The number of carboxylic acids is 1. The summed E-state index contributed by atoms with van der Waals surface area (Å²) in [6.45, 7) is 0. The van der Waals surface area contributed by atoms with Crippen molar-refractivity contribution >= 4 is 17.8 Å². The Morgan fingerprint density at radius 3 is 2.15 bits per heavy atom. The van der Waals surface area contributed by atoms with Crippen LogP contribution in [0.4, 0.5) is 0 Å². The first-order chi connectivity index (χ1) is 9.61. The van der Waals surface area contributed by atoms with E-state index in [0.29, 0.717) is 24.0 Å². The van der Waals surface area contributed by atoms with Crippen LogP contribution in [0.5, 0.6) is 0 Å². The van der Waals surface area contributed by atoms with Gasteiger partial charge >= 0.3 is 5.97 Å². The Morgan fingerprint density at radius 2 is 1.60 bits per heavy atom. The van der Waals surface area contributed by atoms with Crippen LogP contribution in [0, 0.1) is 5.92 Å². The number of carboxylic acid groups (broad SMARTS) is 1. The predicted molar refractivity (Wildman–Crippen MR) is 70.3 cm³/mol. The Kier molecular flexibility index (Phi) is 3.04. The van der Waals surface area contributed by atoms with Crippen LogP contribution in [0.3, 0.4) is 0 Å². The molecule has 1 N–H and O–H groups in total. The van der Waals surface area contributed by atoms with Gasteiger partial charge in [-0.3, -0.25) is 19.3 Å². The summed E-state index contributed by atoms with van der Waals surface area (Å²) in [5.41, 5.74) is 0.763. The Hall–Kier alpha value is -2.17. The zero-order chi connectivity index (χ0) is 14.3. The molecule has 1 aliphatic heterocycles. The molecule has 1 fully saturated rings. The van der Waals surface area contributed by atoms with Crippen molar-refractivity contribution in [2.75, 3.05) is 0 Å². The quantitative estimate of drug-likeness (QED) is 0.835. The fourth-order valence-electron chi connectivity index (χ4n) is 3.22. The maximum Gasteiger partial charge on any atom is 0.308 e. The van der Waals surface area contributed by atoms with Crippen molar-refractivity contribution in [3.63, 3.8) is 0 Å². The standard InChI is InChI=1S/C15H15NO4/c17-13-9-5-1-2-6-10(9)14(18)16(13)12-8-4-3-7-11(12)15(19)20/h1-2,5-6,11-12H,3-4,7-8H2,(H,19,20)/t11-,12+/m1/s1. The number of carbonyl (C=O) groups excluding carboxylic acids is 2. The summed E-state index contributed by atoms with van der Waals surface area (Å²) in [5.74, 6) is -2.29. The molecule has 2 amide bonds. The van der Waals surface area contributed by atoms with Gasteiger partial charge in [0.05, 0.1) is 23.1 Å². The number of imide groups is 1. The molecule has 1 aliphatic carbocycles. The second-order valence-corrected chi connectivity index (χ2v) is 5.32. The van der Waals surface area contributed by atoms with Crippen LogP contribution in [0.2, 0.25) is 0 Å². The zero-order valence-electron chi connectivity index (χ0n) is 10.9. The maximum absolute atomic E-state index is 12.4. The molecule has 0 aromatic heterocycles. The molecule has 0 bridgehead atoms. The Morgan fingerprint density at radius 1 is 1.05 bits per heavy atom. The van der Waals surface area contributed by atoms with Crippen LogP contribution in [0.1, 0.15) is 46.4 Å². The number of benzene rings is 1. The fourth-order valence-corrected chi connectivity index (χ4v) is 3.22. The highest BCUT2D eigenvalue weighted by Gasteiger charge is 2.45. The van der Waals surface area contributed by atoms with Gasteiger partial charge < -0.3 is 5.11 Å². The highest BCUT2D eigenvalue weighted by molar-refractivity contribution is 6.21. The van der Waals surface area contributed by atoms with E-state index in [1.807, 2.05) is 0 Å². The van der Waals surface area contributed by atoms with Crippen molar-refractivity contribution in [1.29, 1.82) is 0 Å². The van der Waals surface area contributed by atoms with Crippen molar-refractivity contribution in [2.24, 2.45) is 5.92 Å². The molecule has 0 saturated heterocycles. The molecule has 0 unspecified atom stereocenters. The molecular formula is C15H15NO4. The van der Waals surface area contributed by atoms with Crippen LogP contribution in [-0.4, -0.2) is 33.8 Å². The lowest BCUT2D eigenvalue weighted by atomic mass is 9.83. The van der Waals surface area contributed by atoms with E-state index in [-0.39, 0.29) is 11.8 Å². The first kappa shape index (κ1) is 12.8. The van der Waals surface area contributed by atoms with Gasteiger partial charge in [0.15, 0.2) is 0 Å². The molecular weight excluding hydrogens is 258 g/mol. The number of fused-ring (bicyclic) bond motifs is 1. The third-order valence-electron chi connectivity index (χ3n) is 4.20. The molecule has 1 aromatic rings. The Bertz CT molecular complexity index is 560. The number of aliphatic carboxylic acids is 1. The molecule has 104 valence electrons. The van der Waals surface area contributed by atoms with E-state index in [9.17, 15) is 19.5 Å². The molecule has 20 heavy (non-hydrogen) atoms. The average Bonchev–Trinajstić information content (AvgIpc) is 2.71. The van der Waals surface area contributed by atoms with Crippen molar-refractivity contribution in [2.45, 2.75) is 31.7 Å². The van der Waals surface area contributed by atoms with Gasteiger partial charge in [-0.25, -0.2) is 0 Å². The van der Waals surface area contributed by atoms with Gasteiger partial charge in [-0.2, -0.15) is 0 Å². The minimum atomic E-state index is -0.925. The van der Waals surface area contributed by atoms with Crippen LogP contribution in [0.25, 0.3) is 0 Å². The van der Waals surface area contributed by atoms with E-state index in [1.165, 1.54) is 4.90 Å². The van der Waals surface area contributed by atoms with Gasteiger partial charge in [0.25, 0.3) is 11.8 Å². The number of nitrogens with zero attached hydrogens (tertiary/aromatic N) is 1. The summed E-state index contributed by atoms with van der Waals surface area (Å²) in [7, 11) is 0. The van der Waals surface area contributed by atoms with Crippen LogP contribution in [-0.2, 0) is 4.79 Å². The lowest BCUT2D eigenvalue weighted by molar-refractivity contribution is -0.144. The van der Waals surface area contributed by atoms with Crippen LogP contribution >= 0.6 is 0 Å². The van der Waals surface area contributed by atoms with Crippen molar-refractivity contribution < 1.29 is 19.5 Å². The normalized spacial score (nSPS) is 25.7. The minimum absolute atomic E-state index is 0.358. The third kappa shape index (κ3) is 1.81. The van der Waals surface area contributed by atoms with E-state index in [1.54, 1.807) is 24.3 Å². The topological polar surface area (TPSA) is 74.7 Å². The molecule has 0 spiro atoms. The SMILES string of the molecule is O=C(O)[C@@H]1CCCC[C@@H]1N1C(=O)c2ccccc2C1=O. The van der Waals surface area contributed by atoms with Gasteiger partial charge in [-0.05, 0) is 25.0 Å². The summed E-state index contributed by atoms with van der Waals surface area (Å²) in [6.07, 6.45) is 2.77. The largest absolute Gasteiger partial charge is 0.481 e. The van der Waals surface area contributed by atoms with E-state index < -0.39 is 17.9 Å². The smallest absolute Gasteiger partial charge is 0.308 e. The summed E-state index contributed by atoms with van der Waals surface area (Å²) in [6, 6.07) is 6.14. The van der Waals surface area contributed by atoms with E-state index in [2.05, 4.69) is 0 Å². The first-order valence-electron chi connectivity index (χ1n) is 6.81. The number of carbonyl (C=O) groups is 3. The second kappa shape index (κ2) is 4.74. The Balaban J connectivity index is 1.97. The van der Waals surface area contributed by atoms with Crippen molar-refractivity contribution in [3.05, 3.63) is 35.4 Å². The first-order valence-corrected chi connectivity index (χ1v) is 6.81. The monoisotopic (exact) mass is 273 g/mol. The second-order valence-electron chi connectivity index (χ2n) is 5.32. The number of rotatable bonds is 2. The van der Waals surface area contributed by atoms with E-state index in [0.717, 1.165) is 12.8 Å². The minimum Gasteiger partial charge on any atom is -0.481 e. The Labute approximate surface area is 116 Å². The van der Waals surface area contributed by atoms with Gasteiger partial charge in [-0.15, -0.1) is 0 Å². The van der Waals surface area contributed by atoms with Crippen LogP contribution in [0.15, 0.2) is 24.3 Å². The average molecular weight is 273 g/mol. The molecule has 3 rings (SSSR count). The predicted octanol–water partition coefficient (Wildman–Crippen LogP) is 1.93. The summed E-state index contributed by atoms with van der Waals surface area (Å²) in [5, 5.41) is 9.31. The molecule has 0 radical (unpaired) electrons. The molecule has 5 nitrogen and oxygen atoms in total. The third-order valence-corrected chi connectivity index (χ3v) is 4.20. The van der Waals surface area contributed by atoms with Crippen molar-refractivity contribution in [1.82, 2.24) is 4.90 Å². The molecule has 1 heterocycles. The van der Waals surface area contributed by atoms with Gasteiger partial charge in [0.2, 0.25) is 0 Å². The number of amides is 2. The van der Waals surface area contributed by atoms with Gasteiger partial charge in [-0.1, -0.05) is 25.0 Å². The lowest BCUT2D eigenvalue weighted by Gasteiger charge is -2.34. The number of hydrogen-bond acceptors (Lipinski definition) is 3. The van der Waals surface area contributed by atoms with Crippen molar-refractivity contribution in [3.8, 4) is 0 Å². The maximum atomic E-state index is 12.4. The molecule has 2 aliphatic rings. The van der Waals surface area contributed by atoms with E-state index in [4.69, 9.17) is 0 Å². The van der Waals surface area contributed by atoms with E-state index >= 15 is 0 Å². The van der Waals surface area contributed by atoms with Gasteiger partial charge in [0, 0.05) is 0 Å². The highest BCUT2D eigenvalue weighted by Crippen LogP contribution is 2.34. The molecule has 5 heteroatoms.